The summed E-state index contributed by atoms with van der Waals surface area (Å²) in [6, 6.07) is 13.3. The van der Waals surface area contributed by atoms with E-state index >= 15 is 0 Å². The lowest BCUT2D eigenvalue weighted by atomic mass is 10.1. The highest BCUT2D eigenvalue weighted by Gasteiger charge is 2.09. The van der Waals surface area contributed by atoms with Gasteiger partial charge in [0.15, 0.2) is 0 Å². The van der Waals surface area contributed by atoms with Crippen molar-refractivity contribution in [3.8, 4) is 0 Å². The molecule has 0 radical (unpaired) electrons. The molecule has 0 aliphatic carbocycles. The van der Waals surface area contributed by atoms with Gasteiger partial charge in [-0.05, 0) is 50.2 Å². The maximum absolute atomic E-state index is 3.24. The fraction of sp³-hybridized carbons (Fsp3) is 0.333. The van der Waals surface area contributed by atoms with Crippen LogP contribution in [0.15, 0.2) is 42.6 Å². The van der Waals surface area contributed by atoms with Crippen LogP contribution in [-0.4, -0.2) is 18.2 Å². The minimum absolute atomic E-state index is 0.977. The topological polar surface area (TPSA) is 17.0 Å². The molecular weight excluding hydrogens is 276 g/mol. The first-order chi connectivity index (χ1) is 10.3. The van der Waals surface area contributed by atoms with Crippen molar-refractivity contribution in [3.05, 3.63) is 57.9 Å². The molecule has 1 aromatic carbocycles. The van der Waals surface area contributed by atoms with Crippen molar-refractivity contribution in [3.63, 3.8) is 0 Å². The van der Waals surface area contributed by atoms with E-state index < -0.39 is 0 Å². The largest absolute Gasteiger partial charge is 0.342 e. The van der Waals surface area contributed by atoms with Crippen molar-refractivity contribution >= 4 is 22.2 Å². The Hall–Kier alpha value is -1.58. The number of likely N-dealkylation sites (N-methyl/N-ethyl adjacent to an activating group) is 1. The quantitative estimate of drug-likeness (QED) is 0.725. The number of para-hydroxylation sites is 1. The summed E-state index contributed by atoms with van der Waals surface area (Å²) in [6.07, 6.45) is 4.53. The van der Waals surface area contributed by atoms with Gasteiger partial charge in [0.05, 0.1) is 6.54 Å². The monoisotopic (exact) mass is 298 g/mol. The summed E-state index contributed by atoms with van der Waals surface area (Å²) in [5, 5.41) is 4.63. The lowest BCUT2D eigenvalue weighted by Crippen LogP contribution is -2.10. The number of aryl methyl sites for hydroxylation is 1. The highest BCUT2D eigenvalue weighted by atomic mass is 32.1. The second-order valence-electron chi connectivity index (χ2n) is 5.37. The molecule has 0 fully saturated rings. The van der Waals surface area contributed by atoms with Crippen LogP contribution in [0.25, 0.3) is 10.9 Å². The van der Waals surface area contributed by atoms with E-state index in [0.29, 0.717) is 0 Å². The molecule has 0 amide bonds. The van der Waals surface area contributed by atoms with Crippen LogP contribution >= 0.6 is 11.3 Å². The minimum atomic E-state index is 0.977. The molecule has 2 nitrogen and oxygen atoms in total. The zero-order chi connectivity index (χ0) is 14.7. The Bertz CT molecular complexity index is 724. The van der Waals surface area contributed by atoms with Gasteiger partial charge < -0.3 is 9.88 Å². The summed E-state index contributed by atoms with van der Waals surface area (Å²) in [7, 11) is 2.01. The maximum Gasteiger partial charge on any atom is 0.0569 e. The van der Waals surface area contributed by atoms with Gasteiger partial charge >= 0.3 is 0 Å². The van der Waals surface area contributed by atoms with Gasteiger partial charge in [0, 0.05) is 26.9 Å². The predicted octanol–water partition coefficient (Wildman–Crippen LogP) is 4.08. The third-order valence-electron chi connectivity index (χ3n) is 3.91. The minimum Gasteiger partial charge on any atom is -0.342 e. The summed E-state index contributed by atoms with van der Waals surface area (Å²) < 4.78 is 2.39. The molecule has 0 bridgehead atoms. The lowest BCUT2D eigenvalue weighted by molar-refractivity contribution is 0.785. The van der Waals surface area contributed by atoms with Crippen molar-refractivity contribution in [1.82, 2.24) is 9.88 Å². The molecule has 0 aliphatic rings. The number of benzene rings is 1. The first kappa shape index (κ1) is 14.4. The molecule has 3 rings (SSSR count). The molecule has 0 saturated carbocycles. The van der Waals surface area contributed by atoms with Crippen molar-refractivity contribution < 1.29 is 0 Å². The summed E-state index contributed by atoms with van der Waals surface area (Å²) in [6.45, 7) is 4.22. The molecule has 0 unspecified atom stereocenters. The second kappa shape index (κ2) is 6.46. The van der Waals surface area contributed by atoms with E-state index in [1.54, 1.807) is 0 Å². The fourth-order valence-electron chi connectivity index (χ4n) is 2.78. The molecule has 2 heterocycles. The van der Waals surface area contributed by atoms with E-state index in [1.807, 2.05) is 18.4 Å². The van der Waals surface area contributed by atoms with E-state index in [4.69, 9.17) is 0 Å². The van der Waals surface area contributed by atoms with Gasteiger partial charge in [-0.2, -0.15) is 0 Å². The van der Waals surface area contributed by atoms with Crippen molar-refractivity contribution in [2.45, 2.75) is 26.3 Å². The van der Waals surface area contributed by atoms with Gasteiger partial charge in [-0.15, -0.1) is 11.3 Å². The van der Waals surface area contributed by atoms with Crippen LogP contribution in [0.5, 0.6) is 0 Å². The zero-order valence-corrected chi connectivity index (χ0v) is 13.5. The molecule has 0 atom stereocenters. The number of fused-ring (bicyclic) bond motifs is 1. The van der Waals surface area contributed by atoms with Crippen LogP contribution in [0.3, 0.4) is 0 Å². The predicted molar refractivity (Wildman–Crippen MR) is 92.4 cm³/mol. The normalized spacial score (nSPS) is 11.3. The Balaban J connectivity index is 1.93. The number of nitrogens with one attached hydrogen (secondary N) is 1. The SMILES string of the molecule is CCc1ccc(Cn2cc(CCNC)c3ccccc32)s1. The summed E-state index contributed by atoms with van der Waals surface area (Å²) in [5.74, 6) is 0. The Morgan fingerprint density at radius 1 is 1.10 bits per heavy atom. The Morgan fingerprint density at radius 2 is 1.90 bits per heavy atom. The summed E-state index contributed by atoms with van der Waals surface area (Å²) >= 11 is 1.93. The molecule has 21 heavy (non-hydrogen) atoms. The second-order valence-corrected chi connectivity index (χ2v) is 6.63. The number of rotatable bonds is 6. The Morgan fingerprint density at radius 3 is 2.67 bits per heavy atom. The Labute approximate surface area is 130 Å². The van der Waals surface area contributed by atoms with Crippen LogP contribution in [0.2, 0.25) is 0 Å². The van der Waals surface area contributed by atoms with Gasteiger partial charge in [-0.1, -0.05) is 25.1 Å². The van der Waals surface area contributed by atoms with Crippen LogP contribution in [0, 0.1) is 0 Å². The average Bonchev–Trinajstić information content (AvgIpc) is 3.11. The van der Waals surface area contributed by atoms with Crippen molar-refractivity contribution in [2.24, 2.45) is 0 Å². The number of hydrogen-bond donors (Lipinski definition) is 1. The van der Waals surface area contributed by atoms with E-state index in [9.17, 15) is 0 Å². The maximum atomic E-state index is 3.24. The highest BCUT2D eigenvalue weighted by Crippen LogP contribution is 2.25. The number of nitrogens with zero attached hydrogens (tertiary/aromatic N) is 1. The molecule has 0 aliphatic heterocycles. The molecule has 0 saturated heterocycles. The first-order valence-electron chi connectivity index (χ1n) is 7.60. The smallest absolute Gasteiger partial charge is 0.0569 e. The number of hydrogen-bond acceptors (Lipinski definition) is 2. The number of thiophene rings is 1. The molecule has 2 aromatic heterocycles. The third-order valence-corrected chi connectivity index (χ3v) is 5.12. The summed E-state index contributed by atoms with van der Waals surface area (Å²) in [4.78, 5) is 2.91. The van der Waals surface area contributed by atoms with Gasteiger partial charge in [0.2, 0.25) is 0 Å². The standard InChI is InChI=1S/C18H22N2S/c1-3-15-8-9-16(21-15)13-20-12-14(10-11-19-2)17-6-4-5-7-18(17)20/h4-9,12,19H,3,10-11,13H2,1-2H3. The van der Waals surface area contributed by atoms with E-state index in [1.165, 1.54) is 26.2 Å². The number of aromatic nitrogens is 1. The van der Waals surface area contributed by atoms with Gasteiger partial charge in [-0.25, -0.2) is 0 Å². The van der Waals surface area contributed by atoms with Gasteiger partial charge in [-0.3, -0.25) is 0 Å². The third kappa shape index (κ3) is 3.04. The van der Waals surface area contributed by atoms with E-state index in [-0.39, 0.29) is 0 Å². The van der Waals surface area contributed by atoms with E-state index in [2.05, 4.69) is 59.4 Å². The van der Waals surface area contributed by atoms with Crippen LogP contribution in [0.1, 0.15) is 22.2 Å². The molecule has 110 valence electrons. The van der Waals surface area contributed by atoms with Crippen molar-refractivity contribution in [2.75, 3.05) is 13.6 Å². The highest BCUT2D eigenvalue weighted by molar-refractivity contribution is 7.11. The molecule has 0 spiro atoms. The van der Waals surface area contributed by atoms with Gasteiger partial charge in [0.25, 0.3) is 0 Å². The average molecular weight is 298 g/mol. The molecule has 3 heteroatoms. The molecular formula is C18H22N2S. The lowest BCUT2D eigenvalue weighted by Gasteiger charge is -2.02. The fourth-order valence-corrected chi connectivity index (χ4v) is 3.73. The van der Waals surface area contributed by atoms with Crippen LogP contribution in [0.4, 0.5) is 0 Å². The van der Waals surface area contributed by atoms with E-state index in [0.717, 1.165) is 25.9 Å². The van der Waals surface area contributed by atoms with Crippen LogP contribution in [-0.2, 0) is 19.4 Å². The summed E-state index contributed by atoms with van der Waals surface area (Å²) in [5.41, 5.74) is 2.78. The van der Waals surface area contributed by atoms with Crippen molar-refractivity contribution in [1.29, 1.82) is 0 Å². The van der Waals surface area contributed by atoms with Crippen LogP contribution < -0.4 is 5.32 Å². The zero-order valence-electron chi connectivity index (χ0n) is 12.7. The molecule has 1 N–H and O–H groups in total. The first-order valence-corrected chi connectivity index (χ1v) is 8.42. The Kier molecular flexibility index (Phi) is 4.42. The van der Waals surface area contributed by atoms with Gasteiger partial charge in [0.1, 0.15) is 0 Å². The molecule has 3 aromatic rings.